The molecule has 1 nitrogen and oxygen atoms in total. The fourth-order valence-corrected chi connectivity index (χ4v) is 1.46. The standard InChI is InChI=1S/C10H12BrFO/c1-10(2,3)6-4-5-7(13)8(11)9(6)12/h4-5,13H,1-3H3. The van der Waals surface area contributed by atoms with Gasteiger partial charge in [0.15, 0.2) is 0 Å². The summed E-state index contributed by atoms with van der Waals surface area (Å²) < 4.78 is 13.7. The smallest absolute Gasteiger partial charge is 0.144 e. The van der Waals surface area contributed by atoms with Gasteiger partial charge >= 0.3 is 0 Å². The van der Waals surface area contributed by atoms with Crippen molar-refractivity contribution in [2.24, 2.45) is 0 Å². The second-order valence-electron chi connectivity index (χ2n) is 4.01. The van der Waals surface area contributed by atoms with Gasteiger partial charge in [-0.15, -0.1) is 0 Å². The highest BCUT2D eigenvalue weighted by Crippen LogP contribution is 2.34. The highest BCUT2D eigenvalue weighted by molar-refractivity contribution is 9.10. The Balaban J connectivity index is 3.35. The van der Waals surface area contributed by atoms with Crippen LogP contribution in [-0.4, -0.2) is 5.11 Å². The fourth-order valence-electron chi connectivity index (χ4n) is 1.12. The van der Waals surface area contributed by atoms with Crippen molar-refractivity contribution < 1.29 is 9.50 Å². The van der Waals surface area contributed by atoms with Crippen LogP contribution in [0.25, 0.3) is 0 Å². The van der Waals surface area contributed by atoms with Crippen molar-refractivity contribution in [3.05, 3.63) is 28.0 Å². The first-order chi connectivity index (χ1) is 5.84. The molecule has 0 bridgehead atoms. The zero-order valence-electron chi connectivity index (χ0n) is 7.86. The number of aromatic hydroxyl groups is 1. The predicted molar refractivity (Wildman–Crippen MR) is 54.5 cm³/mol. The van der Waals surface area contributed by atoms with E-state index in [4.69, 9.17) is 0 Å². The summed E-state index contributed by atoms with van der Waals surface area (Å²) in [5, 5.41) is 9.20. The van der Waals surface area contributed by atoms with E-state index in [2.05, 4.69) is 15.9 Å². The van der Waals surface area contributed by atoms with E-state index < -0.39 is 0 Å². The number of halogens is 2. The van der Waals surface area contributed by atoms with Crippen molar-refractivity contribution in [2.75, 3.05) is 0 Å². The summed E-state index contributed by atoms with van der Waals surface area (Å²) in [5.41, 5.74) is 0.345. The molecule has 0 amide bonds. The van der Waals surface area contributed by atoms with Gasteiger partial charge in [-0.05, 0) is 33.0 Å². The fraction of sp³-hybridized carbons (Fsp3) is 0.400. The zero-order chi connectivity index (χ0) is 10.2. The highest BCUT2D eigenvalue weighted by Gasteiger charge is 2.21. The van der Waals surface area contributed by atoms with Crippen molar-refractivity contribution in [3.63, 3.8) is 0 Å². The van der Waals surface area contributed by atoms with Gasteiger partial charge in [0.05, 0.1) is 4.47 Å². The monoisotopic (exact) mass is 246 g/mol. The lowest BCUT2D eigenvalue weighted by Gasteiger charge is -2.20. The molecule has 3 heteroatoms. The van der Waals surface area contributed by atoms with E-state index in [1.807, 2.05) is 20.8 Å². The lowest BCUT2D eigenvalue weighted by molar-refractivity contribution is 0.455. The van der Waals surface area contributed by atoms with Crippen LogP contribution in [0.15, 0.2) is 16.6 Å². The first-order valence-electron chi connectivity index (χ1n) is 4.01. The largest absolute Gasteiger partial charge is 0.507 e. The Hall–Kier alpha value is -0.570. The van der Waals surface area contributed by atoms with Gasteiger partial charge in [-0.1, -0.05) is 26.8 Å². The molecule has 0 saturated heterocycles. The topological polar surface area (TPSA) is 20.2 Å². The summed E-state index contributed by atoms with van der Waals surface area (Å²) in [6, 6.07) is 3.10. The molecule has 1 aromatic rings. The second-order valence-corrected chi connectivity index (χ2v) is 4.80. The van der Waals surface area contributed by atoms with Crippen LogP contribution in [-0.2, 0) is 5.41 Å². The van der Waals surface area contributed by atoms with Crippen LogP contribution in [0.5, 0.6) is 5.75 Å². The second kappa shape index (κ2) is 3.29. The van der Waals surface area contributed by atoms with Crippen LogP contribution < -0.4 is 0 Å². The first-order valence-corrected chi connectivity index (χ1v) is 4.81. The zero-order valence-corrected chi connectivity index (χ0v) is 9.44. The maximum atomic E-state index is 13.6. The van der Waals surface area contributed by atoms with Crippen LogP contribution >= 0.6 is 15.9 Å². The van der Waals surface area contributed by atoms with Gasteiger partial charge in [0.25, 0.3) is 0 Å². The number of phenolic OH excluding ortho intramolecular Hbond substituents is 1. The Morgan fingerprint density at radius 1 is 1.31 bits per heavy atom. The number of rotatable bonds is 0. The molecule has 1 aromatic carbocycles. The average molecular weight is 247 g/mol. The Labute approximate surface area is 85.7 Å². The molecular weight excluding hydrogens is 235 g/mol. The molecule has 0 heterocycles. The van der Waals surface area contributed by atoms with Crippen LogP contribution in [0.3, 0.4) is 0 Å². The minimum Gasteiger partial charge on any atom is -0.507 e. The van der Waals surface area contributed by atoms with E-state index in [9.17, 15) is 9.50 Å². The predicted octanol–water partition coefficient (Wildman–Crippen LogP) is 3.59. The Morgan fingerprint density at radius 3 is 2.31 bits per heavy atom. The Morgan fingerprint density at radius 2 is 1.85 bits per heavy atom. The van der Waals surface area contributed by atoms with Gasteiger partial charge in [-0.25, -0.2) is 4.39 Å². The molecule has 0 saturated carbocycles. The summed E-state index contributed by atoms with van der Waals surface area (Å²) in [6.45, 7) is 5.78. The van der Waals surface area contributed by atoms with Gasteiger partial charge in [0, 0.05) is 0 Å². The number of benzene rings is 1. The molecule has 13 heavy (non-hydrogen) atoms. The molecule has 0 unspecified atom stereocenters. The summed E-state index contributed by atoms with van der Waals surface area (Å²) in [4.78, 5) is 0. The molecule has 0 aliphatic heterocycles. The van der Waals surface area contributed by atoms with Crippen LogP contribution in [0, 0.1) is 5.82 Å². The minimum absolute atomic E-state index is 0.0644. The molecule has 0 spiro atoms. The van der Waals surface area contributed by atoms with E-state index in [0.717, 1.165) is 0 Å². The summed E-state index contributed by atoms with van der Waals surface area (Å²) in [6.07, 6.45) is 0. The molecule has 1 rings (SSSR count). The molecular formula is C10H12BrFO. The van der Waals surface area contributed by atoms with Crippen LogP contribution in [0.4, 0.5) is 4.39 Å². The number of phenols is 1. The molecule has 0 aromatic heterocycles. The van der Waals surface area contributed by atoms with Gasteiger partial charge in [0.2, 0.25) is 0 Å². The van der Waals surface area contributed by atoms with E-state index in [1.165, 1.54) is 6.07 Å². The van der Waals surface area contributed by atoms with Crippen molar-refractivity contribution in [2.45, 2.75) is 26.2 Å². The molecule has 0 fully saturated rings. The summed E-state index contributed by atoms with van der Waals surface area (Å²) >= 11 is 3.00. The number of hydrogen-bond acceptors (Lipinski definition) is 1. The maximum Gasteiger partial charge on any atom is 0.144 e. The first kappa shape index (κ1) is 10.5. The van der Waals surface area contributed by atoms with Crippen LogP contribution in [0.1, 0.15) is 26.3 Å². The Kier molecular flexibility index (Phi) is 2.66. The van der Waals surface area contributed by atoms with E-state index in [0.29, 0.717) is 5.56 Å². The summed E-state index contributed by atoms with van der Waals surface area (Å²) in [7, 11) is 0. The van der Waals surface area contributed by atoms with E-state index in [1.54, 1.807) is 6.07 Å². The highest BCUT2D eigenvalue weighted by atomic mass is 79.9. The van der Waals surface area contributed by atoms with Gasteiger partial charge in [0.1, 0.15) is 11.6 Å². The average Bonchev–Trinajstić information content (AvgIpc) is 1.98. The van der Waals surface area contributed by atoms with Crippen molar-refractivity contribution in [3.8, 4) is 5.75 Å². The Bertz CT molecular complexity index is 328. The van der Waals surface area contributed by atoms with E-state index >= 15 is 0 Å². The van der Waals surface area contributed by atoms with Gasteiger partial charge in [-0.2, -0.15) is 0 Å². The molecule has 0 aliphatic rings. The third kappa shape index (κ3) is 2.02. The molecule has 1 N–H and O–H groups in total. The minimum atomic E-state index is -0.382. The quantitative estimate of drug-likeness (QED) is 0.742. The molecule has 72 valence electrons. The van der Waals surface area contributed by atoms with Crippen molar-refractivity contribution in [1.29, 1.82) is 0 Å². The van der Waals surface area contributed by atoms with Crippen LogP contribution in [0.2, 0.25) is 0 Å². The SMILES string of the molecule is CC(C)(C)c1ccc(O)c(Br)c1F. The third-order valence-electron chi connectivity index (χ3n) is 1.87. The van der Waals surface area contributed by atoms with Crippen molar-refractivity contribution in [1.82, 2.24) is 0 Å². The van der Waals surface area contributed by atoms with Crippen molar-refractivity contribution >= 4 is 15.9 Å². The molecule has 0 radical (unpaired) electrons. The lowest BCUT2D eigenvalue weighted by Crippen LogP contribution is -2.13. The van der Waals surface area contributed by atoms with E-state index in [-0.39, 0.29) is 21.5 Å². The summed E-state index contributed by atoms with van der Waals surface area (Å²) in [5.74, 6) is -0.446. The maximum absolute atomic E-state index is 13.6. The normalized spacial score (nSPS) is 11.8. The lowest BCUT2D eigenvalue weighted by atomic mass is 9.87. The van der Waals surface area contributed by atoms with Gasteiger partial charge in [-0.3, -0.25) is 0 Å². The third-order valence-corrected chi connectivity index (χ3v) is 2.62. The molecule has 0 atom stereocenters. The van der Waals surface area contributed by atoms with Gasteiger partial charge < -0.3 is 5.11 Å². The molecule has 0 aliphatic carbocycles. The number of hydrogen-bond donors (Lipinski definition) is 1.